The number of rotatable bonds is 5. The van der Waals surface area contributed by atoms with E-state index < -0.39 is 6.36 Å². The van der Waals surface area contributed by atoms with Crippen LogP contribution in [0.2, 0.25) is 0 Å². The second kappa shape index (κ2) is 6.29. The number of hydrogen-bond donors (Lipinski definition) is 1. The van der Waals surface area contributed by atoms with E-state index in [-0.39, 0.29) is 5.75 Å². The maximum Gasteiger partial charge on any atom is 0.573 e. The van der Waals surface area contributed by atoms with E-state index in [0.29, 0.717) is 6.54 Å². The third kappa shape index (κ3) is 5.55. The zero-order chi connectivity index (χ0) is 12.0. The molecule has 0 unspecified atom stereocenters. The third-order valence-corrected chi connectivity index (χ3v) is 2.30. The number of ether oxygens (including phenoxy) is 1. The van der Waals surface area contributed by atoms with E-state index in [1.54, 1.807) is 12.1 Å². The third-order valence-electron chi connectivity index (χ3n) is 1.76. The molecule has 1 aromatic rings. The first-order valence-corrected chi connectivity index (χ1v) is 6.15. The van der Waals surface area contributed by atoms with Gasteiger partial charge in [-0.25, -0.2) is 0 Å². The molecule has 2 nitrogen and oxygen atoms in total. The molecule has 0 saturated heterocycles. The molecule has 0 aliphatic heterocycles. The van der Waals surface area contributed by atoms with Crippen molar-refractivity contribution in [3.63, 3.8) is 0 Å². The van der Waals surface area contributed by atoms with Gasteiger partial charge in [-0.15, -0.1) is 13.2 Å². The molecule has 90 valence electrons. The van der Waals surface area contributed by atoms with Gasteiger partial charge in [-0.1, -0.05) is 34.7 Å². The highest BCUT2D eigenvalue weighted by molar-refractivity contribution is 14.1. The van der Waals surface area contributed by atoms with Crippen LogP contribution in [-0.2, 0) is 6.54 Å². The van der Waals surface area contributed by atoms with Gasteiger partial charge in [-0.05, 0) is 17.7 Å². The predicted molar refractivity (Wildman–Crippen MR) is 63.7 cm³/mol. The predicted octanol–water partition coefficient (Wildman–Crippen LogP) is 3.11. The van der Waals surface area contributed by atoms with Crippen molar-refractivity contribution in [1.29, 1.82) is 0 Å². The molecule has 0 amide bonds. The van der Waals surface area contributed by atoms with E-state index in [2.05, 4.69) is 32.6 Å². The summed E-state index contributed by atoms with van der Waals surface area (Å²) >= 11 is 2.24. The Bertz CT molecular complexity index is 313. The lowest BCUT2D eigenvalue weighted by atomic mass is 10.2. The monoisotopic (exact) mass is 345 g/mol. The maximum absolute atomic E-state index is 11.9. The number of benzene rings is 1. The Kier molecular flexibility index (Phi) is 5.33. The van der Waals surface area contributed by atoms with Gasteiger partial charge in [0.1, 0.15) is 5.75 Å². The van der Waals surface area contributed by atoms with Gasteiger partial charge in [-0.2, -0.15) is 0 Å². The van der Waals surface area contributed by atoms with Crippen molar-refractivity contribution >= 4 is 22.6 Å². The van der Waals surface area contributed by atoms with Crippen molar-refractivity contribution in [3.05, 3.63) is 29.8 Å². The quantitative estimate of drug-likeness (QED) is 0.503. The van der Waals surface area contributed by atoms with Crippen LogP contribution >= 0.6 is 22.6 Å². The van der Waals surface area contributed by atoms with Crippen LogP contribution in [0.5, 0.6) is 5.75 Å². The molecule has 0 spiro atoms. The molecule has 1 N–H and O–H groups in total. The molecule has 0 aromatic heterocycles. The lowest BCUT2D eigenvalue weighted by Gasteiger charge is -2.09. The summed E-state index contributed by atoms with van der Waals surface area (Å²) in [5.41, 5.74) is 0.930. The van der Waals surface area contributed by atoms with Crippen LogP contribution in [0.25, 0.3) is 0 Å². The van der Waals surface area contributed by atoms with Crippen LogP contribution in [0.4, 0.5) is 13.2 Å². The van der Waals surface area contributed by atoms with Crippen molar-refractivity contribution < 1.29 is 17.9 Å². The fraction of sp³-hybridized carbons (Fsp3) is 0.400. The van der Waals surface area contributed by atoms with Crippen molar-refractivity contribution in [1.82, 2.24) is 5.32 Å². The van der Waals surface area contributed by atoms with Crippen molar-refractivity contribution in [2.24, 2.45) is 0 Å². The molecular formula is C10H11F3INO. The summed E-state index contributed by atoms with van der Waals surface area (Å²) < 4.78 is 40.3. The summed E-state index contributed by atoms with van der Waals surface area (Å²) in [4.78, 5) is 0. The van der Waals surface area contributed by atoms with Crippen LogP contribution in [-0.4, -0.2) is 17.3 Å². The first-order chi connectivity index (χ1) is 7.51. The van der Waals surface area contributed by atoms with E-state index >= 15 is 0 Å². The summed E-state index contributed by atoms with van der Waals surface area (Å²) in [6, 6.07) is 5.85. The van der Waals surface area contributed by atoms with Gasteiger partial charge >= 0.3 is 6.36 Å². The Balaban J connectivity index is 2.48. The van der Waals surface area contributed by atoms with Crippen LogP contribution in [0.3, 0.4) is 0 Å². The lowest BCUT2D eigenvalue weighted by Crippen LogP contribution is -2.17. The molecule has 0 fully saturated rings. The molecule has 0 aliphatic carbocycles. The zero-order valence-corrected chi connectivity index (χ0v) is 10.5. The van der Waals surface area contributed by atoms with Gasteiger partial charge in [0, 0.05) is 17.5 Å². The molecule has 1 aromatic carbocycles. The molecule has 1 rings (SSSR count). The van der Waals surface area contributed by atoms with E-state index in [9.17, 15) is 13.2 Å². The van der Waals surface area contributed by atoms with Crippen molar-refractivity contribution in [3.8, 4) is 5.75 Å². The summed E-state index contributed by atoms with van der Waals surface area (Å²) in [5.74, 6) is -0.190. The van der Waals surface area contributed by atoms with Gasteiger partial charge in [0.05, 0.1) is 0 Å². The standard InChI is InChI=1S/C10H11F3INO/c11-10(12,13)16-9-3-1-8(2-4-9)7-15-6-5-14/h1-4,15H,5-7H2. The second-order valence-electron chi connectivity index (χ2n) is 3.06. The van der Waals surface area contributed by atoms with Gasteiger partial charge in [-0.3, -0.25) is 0 Å². The fourth-order valence-corrected chi connectivity index (χ4v) is 1.49. The van der Waals surface area contributed by atoms with Gasteiger partial charge in [0.2, 0.25) is 0 Å². The molecule has 0 saturated carbocycles. The van der Waals surface area contributed by atoms with Crippen LogP contribution in [0.1, 0.15) is 5.56 Å². The SMILES string of the molecule is FC(F)(F)Oc1ccc(CNCCI)cc1. The van der Waals surface area contributed by atoms with Crippen LogP contribution < -0.4 is 10.1 Å². The molecule has 0 bridgehead atoms. The molecule has 0 radical (unpaired) electrons. The topological polar surface area (TPSA) is 21.3 Å². The number of halogens is 4. The Labute approximate surface area is 105 Å². The Morgan fingerprint density at radius 1 is 1.19 bits per heavy atom. The maximum atomic E-state index is 11.9. The lowest BCUT2D eigenvalue weighted by molar-refractivity contribution is -0.274. The highest BCUT2D eigenvalue weighted by Gasteiger charge is 2.30. The number of alkyl halides is 4. The summed E-state index contributed by atoms with van der Waals surface area (Å²) in [5, 5.41) is 3.15. The largest absolute Gasteiger partial charge is 0.573 e. The zero-order valence-electron chi connectivity index (χ0n) is 8.35. The highest BCUT2D eigenvalue weighted by Crippen LogP contribution is 2.22. The van der Waals surface area contributed by atoms with Gasteiger partial charge in [0.25, 0.3) is 0 Å². The Morgan fingerprint density at radius 2 is 1.81 bits per heavy atom. The first-order valence-electron chi connectivity index (χ1n) is 4.62. The van der Waals surface area contributed by atoms with E-state index in [1.165, 1.54) is 12.1 Å². The normalized spacial score (nSPS) is 11.5. The average molecular weight is 345 g/mol. The van der Waals surface area contributed by atoms with E-state index in [0.717, 1.165) is 16.5 Å². The minimum Gasteiger partial charge on any atom is -0.406 e. The van der Waals surface area contributed by atoms with Crippen molar-refractivity contribution in [2.75, 3.05) is 11.0 Å². The fourth-order valence-electron chi connectivity index (χ4n) is 1.11. The smallest absolute Gasteiger partial charge is 0.406 e. The average Bonchev–Trinajstić information content (AvgIpc) is 2.19. The van der Waals surface area contributed by atoms with Gasteiger partial charge < -0.3 is 10.1 Å². The van der Waals surface area contributed by atoms with E-state index in [4.69, 9.17) is 0 Å². The number of nitrogens with one attached hydrogen (secondary N) is 1. The molecule has 16 heavy (non-hydrogen) atoms. The molecule has 0 atom stereocenters. The molecule has 6 heteroatoms. The summed E-state index contributed by atoms with van der Waals surface area (Å²) in [6.45, 7) is 1.52. The van der Waals surface area contributed by atoms with E-state index in [1.807, 2.05) is 0 Å². The van der Waals surface area contributed by atoms with Crippen molar-refractivity contribution in [2.45, 2.75) is 12.9 Å². The van der Waals surface area contributed by atoms with Crippen LogP contribution in [0.15, 0.2) is 24.3 Å². The number of hydrogen-bond acceptors (Lipinski definition) is 2. The first kappa shape index (κ1) is 13.6. The minimum absolute atomic E-state index is 0.190. The van der Waals surface area contributed by atoms with Gasteiger partial charge in [0.15, 0.2) is 0 Å². The molecular weight excluding hydrogens is 334 g/mol. The van der Waals surface area contributed by atoms with Crippen LogP contribution in [0, 0.1) is 0 Å². The minimum atomic E-state index is -4.62. The second-order valence-corrected chi connectivity index (χ2v) is 4.14. The molecule has 0 aliphatic rings. The Hall–Kier alpha value is -0.500. The summed E-state index contributed by atoms with van der Waals surface area (Å²) in [7, 11) is 0. The highest BCUT2D eigenvalue weighted by atomic mass is 127. The summed E-state index contributed by atoms with van der Waals surface area (Å²) in [6.07, 6.45) is -4.62. The Morgan fingerprint density at radius 3 is 2.31 bits per heavy atom. The molecule has 0 heterocycles.